The van der Waals surface area contributed by atoms with Gasteiger partial charge in [-0.1, -0.05) is 37.8 Å². The SMILES string of the molecule is O=C(CN1C(=O)[C@@H]2CC=CC[C@H]2C1=O)NC1CCCCCC1. The Hall–Kier alpha value is -1.65. The number of likely N-dealkylation sites (tertiary alicyclic amines) is 1. The lowest BCUT2D eigenvalue weighted by molar-refractivity contribution is -0.143. The fraction of sp³-hybridized carbons (Fsp3) is 0.706. The molecule has 0 radical (unpaired) electrons. The summed E-state index contributed by atoms with van der Waals surface area (Å²) in [6, 6.07) is 0.201. The number of carbonyl (C=O) groups excluding carboxylic acids is 3. The summed E-state index contributed by atoms with van der Waals surface area (Å²) in [5, 5.41) is 3.01. The van der Waals surface area contributed by atoms with Crippen LogP contribution in [0.5, 0.6) is 0 Å². The number of rotatable bonds is 3. The van der Waals surface area contributed by atoms with Crippen molar-refractivity contribution in [2.45, 2.75) is 57.4 Å². The predicted octanol–water partition coefficient (Wildman–Crippen LogP) is 1.78. The molecule has 0 unspecified atom stereocenters. The van der Waals surface area contributed by atoms with Gasteiger partial charge < -0.3 is 5.32 Å². The molecule has 1 saturated carbocycles. The van der Waals surface area contributed by atoms with Gasteiger partial charge in [-0.25, -0.2) is 0 Å². The van der Waals surface area contributed by atoms with E-state index < -0.39 is 0 Å². The predicted molar refractivity (Wildman–Crippen MR) is 81.7 cm³/mol. The average molecular weight is 304 g/mol. The molecule has 22 heavy (non-hydrogen) atoms. The van der Waals surface area contributed by atoms with Crippen LogP contribution in [0.1, 0.15) is 51.4 Å². The Kier molecular flexibility index (Phi) is 4.60. The van der Waals surface area contributed by atoms with Crippen LogP contribution in [0.2, 0.25) is 0 Å². The lowest BCUT2D eigenvalue weighted by Gasteiger charge is -2.19. The molecule has 0 aromatic heterocycles. The van der Waals surface area contributed by atoms with Gasteiger partial charge in [0.15, 0.2) is 0 Å². The maximum Gasteiger partial charge on any atom is 0.240 e. The minimum Gasteiger partial charge on any atom is -0.352 e. The van der Waals surface area contributed by atoms with Crippen LogP contribution in [0.15, 0.2) is 12.2 Å². The molecule has 1 saturated heterocycles. The summed E-state index contributed by atoms with van der Waals surface area (Å²) >= 11 is 0. The van der Waals surface area contributed by atoms with Crippen molar-refractivity contribution in [3.63, 3.8) is 0 Å². The Morgan fingerprint density at radius 3 is 2.09 bits per heavy atom. The zero-order valence-corrected chi connectivity index (χ0v) is 12.9. The molecule has 2 atom stereocenters. The number of allylic oxidation sites excluding steroid dienone is 2. The van der Waals surface area contributed by atoms with E-state index in [4.69, 9.17) is 0 Å². The van der Waals surface area contributed by atoms with Crippen LogP contribution in [0, 0.1) is 11.8 Å². The van der Waals surface area contributed by atoms with Gasteiger partial charge in [0.25, 0.3) is 0 Å². The largest absolute Gasteiger partial charge is 0.352 e. The van der Waals surface area contributed by atoms with Crippen molar-refractivity contribution >= 4 is 17.7 Å². The van der Waals surface area contributed by atoms with Crippen LogP contribution in [0.25, 0.3) is 0 Å². The van der Waals surface area contributed by atoms with Gasteiger partial charge in [-0.15, -0.1) is 0 Å². The van der Waals surface area contributed by atoms with Gasteiger partial charge in [0.05, 0.1) is 11.8 Å². The summed E-state index contributed by atoms with van der Waals surface area (Å²) in [6.45, 7) is -0.110. The molecule has 1 heterocycles. The van der Waals surface area contributed by atoms with Gasteiger partial charge in [0.1, 0.15) is 6.54 Å². The van der Waals surface area contributed by atoms with Crippen molar-refractivity contribution in [3.05, 3.63) is 12.2 Å². The third-order valence-corrected chi connectivity index (χ3v) is 5.12. The normalized spacial score (nSPS) is 29.4. The maximum absolute atomic E-state index is 12.3. The molecule has 3 amide bonds. The molecule has 0 spiro atoms. The molecule has 120 valence electrons. The molecule has 2 fully saturated rings. The Balaban J connectivity index is 1.57. The average Bonchev–Trinajstić information content (AvgIpc) is 2.72. The summed E-state index contributed by atoms with van der Waals surface area (Å²) < 4.78 is 0. The highest BCUT2D eigenvalue weighted by Gasteiger charge is 2.47. The Morgan fingerprint density at radius 1 is 1.00 bits per heavy atom. The Bertz CT molecular complexity index is 466. The highest BCUT2D eigenvalue weighted by Crippen LogP contribution is 2.34. The molecule has 5 heteroatoms. The fourth-order valence-corrected chi connectivity index (χ4v) is 3.87. The Morgan fingerprint density at radius 2 is 1.55 bits per heavy atom. The van der Waals surface area contributed by atoms with E-state index in [1.54, 1.807) is 0 Å². The lowest BCUT2D eigenvalue weighted by atomic mass is 9.85. The monoisotopic (exact) mass is 304 g/mol. The standard InChI is InChI=1S/C17H24N2O3/c20-15(18-12-7-3-1-2-4-8-12)11-19-16(21)13-9-5-6-10-14(13)17(19)22/h5-6,12-14H,1-4,7-11H2,(H,18,20)/t13-,14-/m1/s1. The van der Waals surface area contributed by atoms with Gasteiger partial charge >= 0.3 is 0 Å². The van der Waals surface area contributed by atoms with E-state index in [1.165, 1.54) is 17.7 Å². The molecule has 1 aliphatic heterocycles. The van der Waals surface area contributed by atoms with Gasteiger partial charge in [0.2, 0.25) is 17.7 Å². The van der Waals surface area contributed by atoms with Crippen molar-refractivity contribution in [1.29, 1.82) is 0 Å². The van der Waals surface area contributed by atoms with E-state index in [0.29, 0.717) is 12.8 Å². The molecular formula is C17H24N2O3. The second kappa shape index (κ2) is 6.63. The number of carbonyl (C=O) groups is 3. The zero-order valence-electron chi connectivity index (χ0n) is 12.9. The number of hydrogen-bond acceptors (Lipinski definition) is 3. The van der Waals surface area contributed by atoms with E-state index in [0.717, 1.165) is 25.7 Å². The number of nitrogens with one attached hydrogen (secondary N) is 1. The van der Waals surface area contributed by atoms with Crippen LogP contribution < -0.4 is 5.32 Å². The third-order valence-electron chi connectivity index (χ3n) is 5.12. The lowest BCUT2D eigenvalue weighted by Crippen LogP contribution is -2.44. The van der Waals surface area contributed by atoms with Crippen molar-refractivity contribution in [2.24, 2.45) is 11.8 Å². The van der Waals surface area contributed by atoms with E-state index >= 15 is 0 Å². The maximum atomic E-state index is 12.3. The van der Waals surface area contributed by atoms with Crippen molar-refractivity contribution in [3.8, 4) is 0 Å². The smallest absolute Gasteiger partial charge is 0.240 e. The molecule has 2 aliphatic carbocycles. The number of imide groups is 1. The summed E-state index contributed by atoms with van der Waals surface area (Å²) in [5.74, 6) is -1.03. The summed E-state index contributed by atoms with van der Waals surface area (Å²) in [4.78, 5) is 38.0. The van der Waals surface area contributed by atoms with E-state index in [9.17, 15) is 14.4 Å². The highest BCUT2D eigenvalue weighted by atomic mass is 16.2. The van der Waals surface area contributed by atoms with E-state index in [1.807, 2.05) is 12.2 Å². The minimum atomic E-state index is -0.247. The second-order valence-electron chi connectivity index (χ2n) is 6.67. The van der Waals surface area contributed by atoms with Crippen LogP contribution in [0.4, 0.5) is 0 Å². The molecule has 5 nitrogen and oxygen atoms in total. The first-order chi connectivity index (χ1) is 10.7. The summed E-state index contributed by atoms with van der Waals surface area (Å²) in [7, 11) is 0. The zero-order chi connectivity index (χ0) is 15.5. The molecule has 0 bridgehead atoms. The topological polar surface area (TPSA) is 66.5 Å². The first kappa shape index (κ1) is 15.3. The van der Waals surface area contributed by atoms with Crippen LogP contribution in [-0.2, 0) is 14.4 Å². The number of amides is 3. The summed E-state index contributed by atoms with van der Waals surface area (Å²) in [5.41, 5.74) is 0. The highest BCUT2D eigenvalue weighted by molar-refractivity contribution is 6.07. The van der Waals surface area contributed by atoms with E-state index in [-0.39, 0.29) is 42.1 Å². The van der Waals surface area contributed by atoms with Gasteiger partial charge in [-0.05, 0) is 25.7 Å². The molecule has 0 aromatic carbocycles. The minimum absolute atomic E-state index is 0.110. The quantitative estimate of drug-likeness (QED) is 0.491. The van der Waals surface area contributed by atoms with Crippen molar-refractivity contribution in [2.75, 3.05) is 6.54 Å². The number of fused-ring (bicyclic) bond motifs is 1. The van der Waals surface area contributed by atoms with Crippen molar-refractivity contribution < 1.29 is 14.4 Å². The summed E-state index contributed by atoms with van der Waals surface area (Å²) in [6.07, 6.45) is 11.9. The number of hydrogen-bond donors (Lipinski definition) is 1. The van der Waals surface area contributed by atoms with Crippen LogP contribution in [-0.4, -0.2) is 35.2 Å². The third kappa shape index (κ3) is 3.08. The molecule has 1 N–H and O–H groups in total. The first-order valence-electron chi connectivity index (χ1n) is 8.46. The molecule has 0 aromatic rings. The molecule has 3 aliphatic rings. The molecule has 3 rings (SSSR count). The molecular weight excluding hydrogens is 280 g/mol. The number of nitrogens with zero attached hydrogens (tertiary/aromatic N) is 1. The van der Waals surface area contributed by atoms with Crippen LogP contribution >= 0.6 is 0 Å². The fourth-order valence-electron chi connectivity index (χ4n) is 3.87. The van der Waals surface area contributed by atoms with Gasteiger partial charge in [-0.2, -0.15) is 0 Å². The van der Waals surface area contributed by atoms with Crippen LogP contribution in [0.3, 0.4) is 0 Å². The van der Waals surface area contributed by atoms with E-state index in [2.05, 4.69) is 5.32 Å². The van der Waals surface area contributed by atoms with Gasteiger partial charge in [-0.3, -0.25) is 19.3 Å². The van der Waals surface area contributed by atoms with Crippen molar-refractivity contribution in [1.82, 2.24) is 10.2 Å². The Labute approximate surface area is 131 Å². The first-order valence-corrected chi connectivity index (χ1v) is 8.46. The van der Waals surface area contributed by atoms with Gasteiger partial charge in [0, 0.05) is 6.04 Å². The second-order valence-corrected chi connectivity index (χ2v) is 6.67.